The summed E-state index contributed by atoms with van der Waals surface area (Å²) in [6.07, 6.45) is 1.73. The third-order valence-electron chi connectivity index (χ3n) is 5.68. The first kappa shape index (κ1) is 18.9. The third-order valence-corrected chi connectivity index (χ3v) is 7.97. The second-order valence-electron chi connectivity index (χ2n) is 7.64. The summed E-state index contributed by atoms with van der Waals surface area (Å²) < 4.78 is 2.23. The smallest absolute Gasteiger partial charge is 0.197 e. The van der Waals surface area contributed by atoms with Gasteiger partial charge in [0.25, 0.3) is 0 Å². The number of thiophene rings is 2. The molecule has 150 valence electrons. The maximum Gasteiger partial charge on any atom is 0.197 e. The first-order valence-electron chi connectivity index (χ1n) is 9.98. The molecule has 0 atom stereocenters. The number of hydrogen-bond acceptors (Lipinski definition) is 5. The van der Waals surface area contributed by atoms with Gasteiger partial charge in [0.05, 0.1) is 17.2 Å². The zero-order valence-electron chi connectivity index (χ0n) is 16.6. The molecule has 0 radical (unpaired) electrons. The van der Waals surface area contributed by atoms with Crippen LogP contribution in [0.15, 0.2) is 78.4 Å². The fraction of sp³-hybridized carbons (Fsp3) is 0. The van der Waals surface area contributed by atoms with Crippen LogP contribution in [0.5, 0.6) is 0 Å². The van der Waals surface area contributed by atoms with Gasteiger partial charge in [-0.1, -0.05) is 36.4 Å². The number of hydrogen-bond donors (Lipinski definition) is 0. The lowest BCUT2D eigenvalue weighted by atomic mass is 10.0. The fourth-order valence-corrected chi connectivity index (χ4v) is 6.42. The molecule has 0 saturated carbocycles. The number of carbonyl (C=O) groups is 2. The van der Waals surface area contributed by atoms with Crippen LogP contribution in [0.2, 0.25) is 0 Å². The number of fused-ring (bicyclic) bond motifs is 3. The Kier molecular flexibility index (Phi) is 4.19. The van der Waals surface area contributed by atoms with E-state index in [9.17, 15) is 9.59 Å². The van der Waals surface area contributed by atoms with Gasteiger partial charge in [-0.3, -0.25) is 9.59 Å². The number of benzene rings is 3. The van der Waals surface area contributed by atoms with Gasteiger partial charge >= 0.3 is 0 Å². The quantitative estimate of drug-likeness (QED) is 0.214. The number of nitrogens with zero attached hydrogens (tertiary/aromatic N) is 1. The van der Waals surface area contributed by atoms with Crippen molar-refractivity contribution in [3.8, 4) is 16.5 Å². The van der Waals surface area contributed by atoms with Crippen molar-refractivity contribution in [2.24, 2.45) is 0 Å². The largest absolute Gasteiger partial charge is 0.288 e. The van der Waals surface area contributed by atoms with E-state index in [1.165, 1.54) is 0 Å². The number of allylic oxidation sites excluding steroid dienone is 1. The molecule has 3 aromatic carbocycles. The third kappa shape index (κ3) is 2.93. The Balaban J connectivity index is 1.36. The molecule has 0 amide bonds. The summed E-state index contributed by atoms with van der Waals surface area (Å²) in [4.78, 5) is 28.0. The SMILES string of the molecule is N#Cc1ccc(-c2cc3sc(C=C4C(=O)c5cc6ccccc6cc5C4=O)cc3s2)cc1. The van der Waals surface area contributed by atoms with Gasteiger partial charge in [0.2, 0.25) is 0 Å². The predicted octanol–water partition coefficient (Wildman–Crippen LogP) is 7.12. The Morgan fingerprint density at radius 1 is 0.750 bits per heavy atom. The molecule has 2 heterocycles. The zero-order chi connectivity index (χ0) is 21.8. The molecule has 0 bridgehead atoms. The summed E-state index contributed by atoms with van der Waals surface area (Å²) in [5, 5.41) is 10.9. The first-order valence-corrected chi connectivity index (χ1v) is 11.6. The molecule has 5 heteroatoms. The lowest BCUT2D eigenvalue weighted by molar-refractivity contribution is 0.0990. The highest BCUT2D eigenvalue weighted by Gasteiger charge is 2.33. The van der Waals surface area contributed by atoms with Crippen LogP contribution in [0.25, 0.3) is 36.7 Å². The van der Waals surface area contributed by atoms with Crippen LogP contribution in [0, 0.1) is 11.3 Å². The van der Waals surface area contributed by atoms with Gasteiger partial charge in [0.15, 0.2) is 11.6 Å². The molecule has 6 rings (SSSR count). The van der Waals surface area contributed by atoms with E-state index >= 15 is 0 Å². The lowest BCUT2D eigenvalue weighted by Gasteiger charge is -2.00. The number of Topliss-reactive ketones (excluding diaryl/α,β-unsaturated/α-hetero) is 2. The summed E-state index contributed by atoms with van der Waals surface area (Å²) in [5.74, 6) is -0.406. The van der Waals surface area contributed by atoms with Crippen LogP contribution in [0.1, 0.15) is 31.2 Å². The molecule has 0 aliphatic heterocycles. The number of ketones is 2. The van der Waals surface area contributed by atoms with Gasteiger partial charge in [0, 0.05) is 30.3 Å². The van der Waals surface area contributed by atoms with Gasteiger partial charge in [0.1, 0.15) is 0 Å². The second-order valence-corrected chi connectivity index (χ2v) is 9.84. The molecule has 1 aliphatic rings. The van der Waals surface area contributed by atoms with Gasteiger partial charge in [-0.25, -0.2) is 0 Å². The monoisotopic (exact) mass is 447 g/mol. The Morgan fingerprint density at radius 3 is 1.97 bits per heavy atom. The summed E-state index contributed by atoms with van der Waals surface area (Å²) in [6, 6.07) is 25.2. The summed E-state index contributed by atoms with van der Waals surface area (Å²) in [5.41, 5.74) is 2.92. The van der Waals surface area contributed by atoms with E-state index in [1.807, 2.05) is 66.7 Å². The minimum Gasteiger partial charge on any atom is -0.288 e. The van der Waals surface area contributed by atoms with Crippen molar-refractivity contribution in [1.29, 1.82) is 5.26 Å². The highest BCUT2D eigenvalue weighted by atomic mass is 32.1. The molecule has 0 N–H and O–H groups in total. The van der Waals surface area contributed by atoms with Crippen molar-refractivity contribution in [2.75, 3.05) is 0 Å². The topological polar surface area (TPSA) is 57.9 Å². The Labute approximate surface area is 191 Å². The summed E-state index contributed by atoms with van der Waals surface area (Å²) >= 11 is 3.23. The molecule has 32 heavy (non-hydrogen) atoms. The number of nitriles is 1. The Morgan fingerprint density at radius 2 is 1.38 bits per heavy atom. The molecular weight excluding hydrogens is 434 g/mol. The van der Waals surface area contributed by atoms with Crippen LogP contribution in [0.3, 0.4) is 0 Å². The molecule has 3 nitrogen and oxygen atoms in total. The van der Waals surface area contributed by atoms with Crippen molar-refractivity contribution in [3.63, 3.8) is 0 Å². The zero-order valence-corrected chi connectivity index (χ0v) is 18.2. The van der Waals surface area contributed by atoms with Gasteiger partial charge in [-0.2, -0.15) is 5.26 Å². The molecule has 1 aliphatic carbocycles. The summed E-state index contributed by atoms with van der Waals surface area (Å²) in [6.45, 7) is 0. The van der Waals surface area contributed by atoms with Gasteiger partial charge in [-0.15, -0.1) is 22.7 Å². The minimum absolute atomic E-state index is 0.203. The van der Waals surface area contributed by atoms with Crippen molar-refractivity contribution in [1.82, 2.24) is 0 Å². The maximum atomic E-state index is 13.0. The predicted molar refractivity (Wildman–Crippen MR) is 130 cm³/mol. The standard InChI is InChI=1S/C27H13NO2S2/c28-14-15-5-7-16(8-6-15)23-13-25-24(32-23)12-19(31-25)11-22-26(29)20-9-17-3-1-2-4-18(17)10-21(20)27(22)30/h1-13H. The average Bonchev–Trinajstić information content (AvgIpc) is 3.45. The highest BCUT2D eigenvalue weighted by Crippen LogP contribution is 2.40. The van der Waals surface area contributed by atoms with Gasteiger partial charge < -0.3 is 0 Å². The van der Waals surface area contributed by atoms with E-state index < -0.39 is 0 Å². The van der Waals surface area contributed by atoms with Crippen molar-refractivity contribution >= 4 is 60.5 Å². The van der Waals surface area contributed by atoms with E-state index in [0.29, 0.717) is 16.7 Å². The molecule has 5 aromatic rings. The fourth-order valence-electron chi connectivity index (χ4n) is 4.06. The van der Waals surface area contributed by atoms with Crippen molar-refractivity contribution in [3.05, 3.63) is 99.9 Å². The normalized spacial score (nSPS) is 13.0. The maximum absolute atomic E-state index is 13.0. The Bertz CT molecular complexity index is 1570. The van der Waals surface area contributed by atoms with Crippen LogP contribution >= 0.6 is 22.7 Å². The Hall–Kier alpha value is -3.85. The molecule has 2 aromatic heterocycles. The highest BCUT2D eigenvalue weighted by molar-refractivity contribution is 7.29. The molecule has 0 fully saturated rings. The van der Waals surface area contributed by atoms with Crippen LogP contribution in [0.4, 0.5) is 0 Å². The van der Waals surface area contributed by atoms with E-state index in [-0.39, 0.29) is 17.1 Å². The molecular formula is C27H13NO2S2. The van der Waals surface area contributed by atoms with Crippen LogP contribution in [-0.4, -0.2) is 11.6 Å². The molecule has 0 spiro atoms. The van der Waals surface area contributed by atoms with Crippen molar-refractivity contribution < 1.29 is 9.59 Å². The van der Waals surface area contributed by atoms with E-state index in [2.05, 4.69) is 12.1 Å². The average molecular weight is 448 g/mol. The minimum atomic E-state index is -0.203. The lowest BCUT2D eigenvalue weighted by Crippen LogP contribution is -1.99. The number of carbonyl (C=O) groups excluding carboxylic acids is 2. The van der Waals surface area contributed by atoms with Crippen LogP contribution < -0.4 is 0 Å². The molecule has 0 unspecified atom stereocenters. The van der Waals surface area contributed by atoms with E-state index in [0.717, 1.165) is 35.5 Å². The number of rotatable bonds is 2. The van der Waals surface area contributed by atoms with Crippen LogP contribution in [-0.2, 0) is 0 Å². The first-order chi connectivity index (χ1) is 15.6. The van der Waals surface area contributed by atoms with Crippen molar-refractivity contribution in [2.45, 2.75) is 0 Å². The van der Waals surface area contributed by atoms with E-state index in [1.54, 1.807) is 28.7 Å². The second kappa shape index (κ2) is 7.10. The molecule has 0 saturated heterocycles. The van der Waals surface area contributed by atoms with Gasteiger partial charge in [-0.05, 0) is 58.8 Å². The van der Waals surface area contributed by atoms with E-state index in [4.69, 9.17) is 5.26 Å². The summed E-state index contributed by atoms with van der Waals surface area (Å²) in [7, 11) is 0.